The molecule has 1 saturated heterocycles. The fraction of sp³-hybridized carbons (Fsp3) is 0.353. The molecule has 2 heterocycles. The van der Waals surface area contributed by atoms with E-state index in [1.54, 1.807) is 31.3 Å². The summed E-state index contributed by atoms with van der Waals surface area (Å²) in [7, 11) is 0. The normalized spacial score (nSPS) is 19.6. The summed E-state index contributed by atoms with van der Waals surface area (Å²) in [6.45, 7) is 3.34. The van der Waals surface area contributed by atoms with Crippen molar-refractivity contribution in [3.8, 4) is 17.0 Å². The molecule has 4 N–H and O–H groups in total. The molecule has 2 atom stereocenters. The first-order valence-corrected chi connectivity index (χ1v) is 8.07. The predicted molar refractivity (Wildman–Crippen MR) is 91.9 cm³/mol. The average Bonchev–Trinajstić information content (AvgIpc) is 3.00. The van der Waals surface area contributed by atoms with Crippen molar-refractivity contribution in [2.24, 2.45) is 0 Å². The first kappa shape index (κ1) is 17.1. The molecule has 0 spiro atoms. The second-order valence-electron chi connectivity index (χ2n) is 5.69. The van der Waals surface area contributed by atoms with E-state index in [1.807, 2.05) is 0 Å². The number of nitrogens with zero attached hydrogens (tertiary/aromatic N) is 2. The van der Waals surface area contributed by atoms with Gasteiger partial charge in [-0.3, -0.25) is 0 Å². The van der Waals surface area contributed by atoms with Crippen molar-refractivity contribution in [1.29, 1.82) is 0 Å². The van der Waals surface area contributed by atoms with Crippen LogP contribution in [0.2, 0.25) is 0 Å². The number of hydrogen-bond acceptors (Lipinski definition) is 7. The third-order valence-corrected chi connectivity index (χ3v) is 3.96. The van der Waals surface area contributed by atoms with Crippen LogP contribution in [-0.2, 0) is 0 Å². The largest absolute Gasteiger partial charge is 0.493 e. The highest BCUT2D eigenvalue weighted by molar-refractivity contribution is 5.92. The molecule has 3 rings (SSSR count). The maximum Gasteiger partial charge on any atom is 0.339 e. The average molecular weight is 344 g/mol. The number of anilines is 1. The predicted octanol–water partition coefficient (Wildman–Crippen LogP) is 0.985. The molecule has 8 nitrogen and oxygen atoms in total. The Morgan fingerprint density at radius 1 is 1.40 bits per heavy atom. The number of aromatic carboxylic acids is 1. The minimum absolute atomic E-state index is 0.0860. The van der Waals surface area contributed by atoms with Gasteiger partial charge in [0, 0.05) is 24.8 Å². The van der Waals surface area contributed by atoms with Gasteiger partial charge in [-0.15, -0.1) is 0 Å². The molecule has 0 radical (unpaired) electrons. The number of carbonyl (C=O) groups is 1. The smallest absolute Gasteiger partial charge is 0.339 e. The van der Waals surface area contributed by atoms with Gasteiger partial charge in [0.05, 0.1) is 24.4 Å². The number of ether oxygens (including phenoxy) is 1. The molecule has 1 aromatic carbocycles. The Bertz CT molecular complexity index is 768. The Balaban J connectivity index is 1.87. The van der Waals surface area contributed by atoms with Crippen molar-refractivity contribution in [3.63, 3.8) is 0 Å². The number of carboxylic acids is 1. The quantitative estimate of drug-likeness (QED) is 0.613. The highest BCUT2D eigenvalue weighted by Gasteiger charge is 2.25. The van der Waals surface area contributed by atoms with Crippen molar-refractivity contribution in [1.82, 2.24) is 15.3 Å². The first-order valence-electron chi connectivity index (χ1n) is 8.07. The van der Waals surface area contributed by atoms with Crippen molar-refractivity contribution in [2.45, 2.75) is 19.1 Å². The summed E-state index contributed by atoms with van der Waals surface area (Å²) in [6, 6.07) is 6.46. The van der Waals surface area contributed by atoms with E-state index in [2.05, 4.69) is 20.6 Å². The van der Waals surface area contributed by atoms with Gasteiger partial charge in [-0.25, -0.2) is 14.8 Å². The van der Waals surface area contributed by atoms with Gasteiger partial charge in [-0.2, -0.15) is 0 Å². The zero-order valence-electron chi connectivity index (χ0n) is 13.8. The topological polar surface area (TPSA) is 117 Å². The molecular weight excluding hydrogens is 324 g/mol. The van der Waals surface area contributed by atoms with E-state index in [9.17, 15) is 15.0 Å². The lowest BCUT2D eigenvalue weighted by Gasteiger charge is -2.15. The second-order valence-corrected chi connectivity index (χ2v) is 5.69. The van der Waals surface area contributed by atoms with E-state index in [4.69, 9.17) is 4.74 Å². The molecule has 0 unspecified atom stereocenters. The molecule has 1 aliphatic heterocycles. The van der Waals surface area contributed by atoms with Crippen LogP contribution in [0.3, 0.4) is 0 Å². The van der Waals surface area contributed by atoms with Crippen molar-refractivity contribution in [2.75, 3.05) is 25.0 Å². The molecule has 1 fully saturated rings. The van der Waals surface area contributed by atoms with Gasteiger partial charge >= 0.3 is 5.97 Å². The molecule has 1 aromatic heterocycles. The number of β-amino-alcohol motifs (C(OH)–C–C–N with tert-alkyl or cyclic N) is 1. The first-order chi connectivity index (χ1) is 12.1. The summed E-state index contributed by atoms with van der Waals surface area (Å²) < 4.78 is 5.35. The third kappa shape index (κ3) is 3.86. The van der Waals surface area contributed by atoms with Gasteiger partial charge < -0.3 is 25.6 Å². The Hall–Kier alpha value is -2.71. The van der Waals surface area contributed by atoms with E-state index < -0.39 is 12.1 Å². The molecule has 8 heteroatoms. The van der Waals surface area contributed by atoms with Crippen LogP contribution in [0, 0.1) is 0 Å². The summed E-state index contributed by atoms with van der Waals surface area (Å²) in [5.74, 6) is -0.347. The van der Waals surface area contributed by atoms with Crippen LogP contribution in [0.4, 0.5) is 5.95 Å². The number of rotatable bonds is 6. The summed E-state index contributed by atoms with van der Waals surface area (Å²) in [4.78, 5) is 20.0. The SMILES string of the molecule is CCOc1ccc(-c2ccnc(N[C@@H]3CNC[C@H]3O)n2)cc1C(=O)O. The summed E-state index contributed by atoms with van der Waals surface area (Å²) in [6.07, 6.45) is 1.09. The van der Waals surface area contributed by atoms with Gasteiger partial charge in [0.1, 0.15) is 11.3 Å². The lowest BCUT2D eigenvalue weighted by molar-refractivity contribution is 0.0692. The molecule has 0 aliphatic carbocycles. The fourth-order valence-electron chi connectivity index (χ4n) is 2.70. The van der Waals surface area contributed by atoms with Crippen LogP contribution in [0.15, 0.2) is 30.5 Å². The Morgan fingerprint density at radius 3 is 2.92 bits per heavy atom. The standard InChI is InChI=1S/C17H20N4O4/c1-2-25-15-4-3-10(7-11(15)16(23)24)12-5-6-19-17(20-12)21-13-8-18-9-14(13)22/h3-7,13-14,18,22H,2,8-9H2,1H3,(H,23,24)(H,19,20,21)/t13-,14-/m1/s1. The molecule has 0 bridgehead atoms. The van der Waals surface area contributed by atoms with Crippen LogP contribution in [0.25, 0.3) is 11.3 Å². The van der Waals surface area contributed by atoms with Crippen LogP contribution in [0.1, 0.15) is 17.3 Å². The maximum absolute atomic E-state index is 11.5. The maximum atomic E-state index is 11.5. The van der Waals surface area contributed by atoms with Gasteiger partial charge in [0.15, 0.2) is 0 Å². The molecule has 1 aliphatic rings. The fourth-order valence-corrected chi connectivity index (χ4v) is 2.70. The van der Waals surface area contributed by atoms with Gasteiger partial charge in [0.2, 0.25) is 5.95 Å². The Labute approximate surface area is 144 Å². The lowest BCUT2D eigenvalue weighted by atomic mass is 10.1. The number of carboxylic acid groups (broad SMARTS) is 1. The Kier molecular flexibility index (Phi) is 5.11. The van der Waals surface area contributed by atoms with Crippen molar-refractivity contribution >= 4 is 11.9 Å². The van der Waals surface area contributed by atoms with Crippen LogP contribution < -0.4 is 15.4 Å². The number of nitrogens with one attached hydrogen (secondary N) is 2. The van der Waals surface area contributed by atoms with Crippen molar-refractivity contribution < 1.29 is 19.7 Å². The molecule has 0 amide bonds. The van der Waals surface area contributed by atoms with Gasteiger partial charge in [0.25, 0.3) is 0 Å². The van der Waals surface area contributed by atoms with Crippen molar-refractivity contribution in [3.05, 3.63) is 36.0 Å². The van der Waals surface area contributed by atoms with Crippen LogP contribution in [-0.4, -0.2) is 58.0 Å². The molecule has 132 valence electrons. The zero-order valence-corrected chi connectivity index (χ0v) is 13.8. The minimum Gasteiger partial charge on any atom is -0.493 e. The number of aromatic nitrogens is 2. The Morgan fingerprint density at radius 2 is 2.24 bits per heavy atom. The number of benzene rings is 1. The van der Waals surface area contributed by atoms with E-state index in [0.717, 1.165) is 0 Å². The minimum atomic E-state index is -1.06. The van der Waals surface area contributed by atoms with E-state index in [0.29, 0.717) is 42.7 Å². The van der Waals surface area contributed by atoms with Gasteiger partial charge in [-0.05, 0) is 31.2 Å². The van der Waals surface area contributed by atoms with Crippen LogP contribution in [0.5, 0.6) is 5.75 Å². The number of aliphatic hydroxyl groups excluding tert-OH is 1. The molecule has 0 saturated carbocycles. The number of hydrogen-bond donors (Lipinski definition) is 4. The van der Waals surface area contributed by atoms with E-state index in [-0.39, 0.29) is 11.6 Å². The molecular formula is C17H20N4O4. The zero-order chi connectivity index (χ0) is 17.8. The highest BCUT2D eigenvalue weighted by Crippen LogP contribution is 2.26. The third-order valence-electron chi connectivity index (χ3n) is 3.96. The number of aliphatic hydroxyl groups is 1. The highest BCUT2D eigenvalue weighted by atomic mass is 16.5. The summed E-state index contributed by atoms with van der Waals surface area (Å²) >= 11 is 0. The summed E-state index contributed by atoms with van der Waals surface area (Å²) in [5, 5.41) is 25.4. The van der Waals surface area contributed by atoms with Gasteiger partial charge in [-0.1, -0.05) is 0 Å². The van der Waals surface area contributed by atoms with E-state index in [1.165, 1.54) is 6.07 Å². The van der Waals surface area contributed by atoms with Crippen LogP contribution >= 0.6 is 0 Å². The second kappa shape index (κ2) is 7.45. The summed E-state index contributed by atoms with van der Waals surface area (Å²) in [5.41, 5.74) is 1.32. The molecule has 2 aromatic rings. The monoisotopic (exact) mass is 344 g/mol. The molecule has 25 heavy (non-hydrogen) atoms. The van der Waals surface area contributed by atoms with E-state index >= 15 is 0 Å². The lowest BCUT2D eigenvalue weighted by Crippen LogP contribution is -2.32.